The van der Waals surface area contributed by atoms with E-state index in [2.05, 4.69) is 10.1 Å². The first-order chi connectivity index (χ1) is 10.5. The average molecular weight is 301 g/mol. The number of hydrogen-bond donors (Lipinski definition) is 1. The van der Waals surface area contributed by atoms with Crippen molar-refractivity contribution in [3.05, 3.63) is 36.2 Å². The predicted octanol–water partition coefficient (Wildman–Crippen LogP) is 2.11. The van der Waals surface area contributed by atoms with Gasteiger partial charge in [-0.2, -0.15) is 4.98 Å². The second kappa shape index (κ2) is 5.53. The number of likely N-dealkylation sites (tertiary alicyclic amines) is 1. The van der Waals surface area contributed by atoms with E-state index in [-0.39, 0.29) is 11.9 Å². The van der Waals surface area contributed by atoms with Gasteiger partial charge in [-0.1, -0.05) is 17.3 Å². The molecule has 3 rings (SSSR count). The third kappa shape index (κ3) is 2.74. The van der Waals surface area contributed by atoms with E-state index in [1.807, 2.05) is 0 Å². The maximum atomic E-state index is 12.7. The number of nitrogens with zero attached hydrogens (tertiary/aromatic N) is 3. The lowest BCUT2D eigenvalue weighted by Gasteiger charge is -2.33. The fourth-order valence-corrected chi connectivity index (χ4v) is 2.97. The first kappa shape index (κ1) is 14.7. The highest BCUT2D eigenvalue weighted by Gasteiger charge is 2.38. The van der Waals surface area contributed by atoms with Crippen molar-refractivity contribution in [3.8, 4) is 11.4 Å². The number of hydrogen-bond acceptors (Lipinski definition) is 5. The molecular formula is C16H19N3O3. The van der Waals surface area contributed by atoms with Gasteiger partial charge in [0, 0.05) is 17.7 Å². The molecular weight excluding hydrogens is 282 g/mol. The molecule has 1 aliphatic heterocycles. The Kier molecular flexibility index (Phi) is 3.70. The summed E-state index contributed by atoms with van der Waals surface area (Å²) in [6.45, 7) is 4.19. The molecule has 1 amide bonds. The summed E-state index contributed by atoms with van der Waals surface area (Å²) in [4.78, 5) is 18.4. The molecule has 22 heavy (non-hydrogen) atoms. The van der Waals surface area contributed by atoms with Gasteiger partial charge in [-0.25, -0.2) is 0 Å². The lowest BCUT2D eigenvalue weighted by Crippen LogP contribution is -2.48. The maximum Gasteiger partial charge on any atom is 0.254 e. The number of aliphatic hydroxyl groups is 1. The first-order valence-electron chi connectivity index (χ1n) is 7.37. The summed E-state index contributed by atoms with van der Waals surface area (Å²) in [6, 6.07) is 6.97. The minimum Gasteiger partial charge on any atom is -0.388 e. The minimum absolute atomic E-state index is 0.0516. The van der Waals surface area contributed by atoms with Gasteiger partial charge in [0.15, 0.2) is 0 Å². The van der Waals surface area contributed by atoms with Crippen molar-refractivity contribution in [2.75, 3.05) is 6.54 Å². The van der Waals surface area contributed by atoms with E-state index in [1.54, 1.807) is 43.0 Å². The van der Waals surface area contributed by atoms with Crippen molar-refractivity contribution < 1.29 is 14.4 Å². The molecule has 1 saturated heterocycles. The van der Waals surface area contributed by atoms with Gasteiger partial charge < -0.3 is 14.5 Å². The third-order valence-electron chi connectivity index (χ3n) is 4.08. The van der Waals surface area contributed by atoms with Gasteiger partial charge >= 0.3 is 0 Å². The molecule has 0 radical (unpaired) electrons. The molecule has 0 aliphatic carbocycles. The van der Waals surface area contributed by atoms with Crippen LogP contribution in [0.5, 0.6) is 0 Å². The van der Waals surface area contributed by atoms with Crippen LogP contribution in [-0.4, -0.2) is 44.2 Å². The molecule has 1 fully saturated rings. The van der Waals surface area contributed by atoms with Gasteiger partial charge in [-0.3, -0.25) is 4.79 Å². The zero-order valence-electron chi connectivity index (χ0n) is 12.7. The Morgan fingerprint density at radius 3 is 2.68 bits per heavy atom. The van der Waals surface area contributed by atoms with Crippen molar-refractivity contribution in [2.45, 2.75) is 38.3 Å². The lowest BCUT2D eigenvalue weighted by molar-refractivity contribution is 0.000337. The fraction of sp³-hybridized carbons (Fsp3) is 0.438. The third-order valence-corrected chi connectivity index (χ3v) is 4.08. The van der Waals surface area contributed by atoms with Crippen molar-refractivity contribution in [3.63, 3.8) is 0 Å². The second-order valence-corrected chi connectivity index (χ2v) is 6.14. The molecule has 2 heterocycles. The molecule has 0 spiro atoms. The number of benzene rings is 1. The molecule has 1 atom stereocenters. The van der Waals surface area contributed by atoms with E-state index in [9.17, 15) is 9.90 Å². The summed E-state index contributed by atoms with van der Waals surface area (Å²) < 4.78 is 4.72. The molecule has 0 saturated carbocycles. The predicted molar refractivity (Wildman–Crippen MR) is 80.1 cm³/mol. The van der Waals surface area contributed by atoms with E-state index in [4.69, 9.17) is 4.52 Å². The molecule has 116 valence electrons. The molecule has 1 aromatic heterocycles. The summed E-state index contributed by atoms with van der Waals surface area (Å²) in [5, 5.41) is 14.0. The van der Waals surface area contributed by atoms with E-state index in [1.165, 1.54) is 6.39 Å². The highest BCUT2D eigenvalue weighted by molar-refractivity contribution is 5.95. The Balaban J connectivity index is 1.80. The minimum atomic E-state index is -0.892. The van der Waals surface area contributed by atoms with Crippen LogP contribution in [0.15, 0.2) is 35.2 Å². The van der Waals surface area contributed by atoms with E-state index in [0.29, 0.717) is 17.9 Å². The molecule has 6 heteroatoms. The number of aromatic nitrogens is 2. The average Bonchev–Trinajstić information content (AvgIpc) is 3.17. The van der Waals surface area contributed by atoms with Crippen LogP contribution in [-0.2, 0) is 0 Å². The number of amides is 1. The fourth-order valence-electron chi connectivity index (χ4n) is 2.97. The van der Waals surface area contributed by atoms with Crippen molar-refractivity contribution >= 4 is 5.91 Å². The van der Waals surface area contributed by atoms with Crippen LogP contribution in [0, 0.1) is 0 Å². The standard InChI is InChI=1S/C16H19N3O3/c1-16(2,21)13-4-3-9-19(13)15(20)12-7-5-11(6-8-12)14-17-10-22-18-14/h5-8,10,13,21H,3-4,9H2,1-2H3. The zero-order valence-corrected chi connectivity index (χ0v) is 12.7. The van der Waals surface area contributed by atoms with Crippen LogP contribution in [0.4, 0.5) is 0 Å². The first-order valence-corrected chi connectivity index (χ1v) is 7.37. The van der Waals surface area contributed by atoms with Gasteiger partial charge in [0.1, 0.15) is 0 Å². The van der Waals surface area contributed by atoms with E-state index >= 15 is 0 Å². The SMILES string of the molecule is CC(C)(O)C1CCCN1C(=O)c1ccc(-c2ncon2)cc1. The smallest absolute Gasteiger partial charge is 0.254 e. The molecule has 0 bridgehead atoms. The quantitative estimate of drug-likeness (QED) is 0.939. The Hall–Kier alpha value is -2.21. The van der Waals surface area contributed by atoms with Gasteiger partial charge in [-0.15, -0.1) is 0 Å². The largest absolute Gasteiger partial charge is 0.388 e. The van der Waals surface area contributed by atoms with Crippen LogP contribution in [0.3, 0.4) is 0 Å². The lowest BCUT2D eigenvalue weighted by atomic mass is 9.96. The monoisotopic (exact) mass is 301 g/mol. The van der Waals surface area contributed by atoms with Crippen molar-refractivity contribution in [2.24, 2.45) is 0 Å². The van der Waals surface area contributed by atoms with Crippen LogP contribution in [0.25, 0.3) is 11.4 Å². The maximum absolute atomic E-state index is 12.7. The molecule has 1 unspecified atom stereocenters. The highest BCUT2D eigenvalue weighted by atomic mass is 16.5. The van der Waals surface area contributed by atoms with Gasteiger partial charge in [-0.05, 0) is 38.8 Å². The molecule has 1 aliphatic rings. The topological polar surface area (TPSA) is 79.5 Å². The zero-order chi connectivity index (χ0) is 15.7. The van der Waals surface area contributed by atoms with Crippen LogP contribution < -0.4 is 0 Å². The van der Waals surface area contributed by atoms with Crippen molar-refractivity contribution in [1.82, 2.24) is 15.0 Å². The molecule has 6 nitrogen and oxygen atoms in total. The molecule has 1 aromatic carbocycles. The Bertz CT molecular complexity index is 644. The number of carbonyl (C=O) groups is 1. The van der Waals surface area contributed by atoms with Gasteiger partial charge in [0.25, 0.3) is 5.91 Å². The molecule has 1 N–H and O–H groups in total. The Labute approximate surface area is 128 Å². The molecule has 2 aromatic rings. The van der Waals surface area contributed by atoms with Crippen LogP contribution in [0.2, 0.25) is 0 Å². The normalized spacial score (nSPS) is 18.7. The number of rotatable bonds is 3. The Morgan fingerprint density at radius 2 is 2.09 bits per heavy atom. The number of carbonyl (C=O) groups excluding carboxylic acids is 1. The van der Waals surface area contributed by atoms with E-state index < -0.39 is 5.60 Å². The highest BCUT2D eigenvalue weighted by Crippen LogP contribution is 2.28. The summed E-state index contributed by atoms with van der Waals surface area (Å²) in [5.74, 6) is 0.443. The van der Waals surface area contributed by atoms with Crippen LogP contribution >= 0.6 is 0 Å². The summed E-state index contributed by atoms with van der Waals surface area (Å²) in [7, 11) is 0. The summed E-state index contributed by atoms with van der Waals surface area (Å²) >= 11 is 0. The Morgan fingerprint density at radius 1 is 1.36 bits per heavy atom. The van der Waals surface area contributed by atoms with E-state index in [0.717, 1.165) is 18.4 Å². The summed E-state index contributed by atoms with van der Waals surface area (Å²) in [5.41, 5.74) is 0.505. The second-order valence-electron chi connectivity index (χ2n) is 6.14. The van der Waals surface area contributed by atoms with Crippen LogP contribution in [0.1, 0.15) is 37.0 Å². The summed E-state index contributed by atoms with van der Waals surface area (Å²) in [6.07, 6.45) is 3.02. The van der Waals surface area contributed by atoms with Gasteiger partial charge in [0.2, 0.25) is 12.2 Å². The van der Waals surface area contributed by atoms with Crippen molar-refractivity contribution in [1.29, 1.82) is 0 Å². The van der Waals surface area contributed by atoms with Gasteiger partial charge in [0.05, 0.1) is 11.6 Å².